The van der Waals surface area contributed by atoms with Crippen LogP contribution < -0.4 is 5.32 Å². The first-order valence-electron chi connectivity index (χ1n) is 4.87. The van der Waals surface area contributed by atoms with Crippen molar-refractivity contribution >= 4 is 5.69 Å². The maximum Gasteiger partial charge on any atom is 0.214 e. The monoisotopic (exact) mass is 214 g/mol. The molecule has 0 unspecified atom stereocenters. The van der Waals surface area contributed by atoms with Crippen molar-refractivity contribution in [2.75, 3.05) is 31.7 Å². The Balaban J connectivity index is 2.10. The Morgan fingerprint density at radius 1 is 1.47 bits per heavy atom. The summed E-state index contributed by atoms with van der Waals surface area (Å²) in [5, 5.41) is 11.5. The normalized spacial score (nSPS) is 10.3. The van der Waals surface area contributed by atoms with E-state index in [4.69, 9.17) is 9.84 Å². The molecule has 0 amide bonds. The molecule has 15 heavy (non-hydrogen) atoms. The molecular formula is C10H15FN2O2. The SMILES string of the molecule is OCCOCCCNc1ccnc(F)c1. The molecule has 0 atom stereocenters. The number of aliphatic hydroxyl groups is 1. The number of aliphatic hydroxyl groups excluding tert-OH is 1. The van der Waals surface area contributed by atoms with E-state index in [-0.39, 0.29) is 6.61 Å². The minimum Gasteiger partial charge on any atom is -0.394 e. The minimum absolute atomic E-state index is 0.0446. The molecule has 1 rings (SSSR count). The summed E-state index contributed by atoms with van der Waals surface area (Å²) < 4.78 is 17.7. The predicted octanol–water partition coefficient (Wildman–Crippen LogP) is 1.03. The molecule has 0 spiro atoms. The Kier molecular flexibility index (Phi) is 5.65. The smallest absolute Gasteiger partial charge is 0.214 e. The van der Waals surface area contributed by atoms with Crippen molar-refractivity contribution in [2.24, 2.45) is 0 Å². The van der Waals surface area contributed by atoms with E-state index in [0.29, 0.717) is 25.4 Å². The first-order valence-corrected chi connectivity index (χ1v) is 4.87. The summed E-state index contributed by atoms with van der Waals surface area (Å²) >= 11 is 0. The van der Waals surface area contributed by atoms with Crippen molar-refractivity contribution in [2.45, 2.75) is 6.42 Å². The highest BCUT2D eigenvalue weighted by molar-refractivity contribution is 5.40. The van der Waals surface area contributed by atoms with Gasteiger partial charge in [0.05, 0.1) is 13.2 Å². The number of nitrogens with zero attached hydrogens (tertiary/aromatic N) is 1. The van der Waals surface area contributed by atoms with Crippen molar-refractivity contribution in [3.8, 4) is 0 Å². The van der Waals surface area contributed by atoms with E-state index >= 15 is 0 Å². The largest absolute Gasteiger partial charge is 0.394 e. The molecule has 0 saturated heterocycles. The van der Waals surface area contributed by atoms with E-state index in [9.17, 15) is 4.39 Å². The number of hydrogen-bond acceptors (Lipinski definition) is 4. The summed E-state index contributed by atoms with van der Waals surface area (Å²) in [7, 11) is 0. The number of rotatable bonds is 7. The fourth-order valence-electron chi connectivity index (χ4n) is 1.09. The Morgan fingerprint density at radius 3 is 3.07 bits per heavy atom. The molecule has 0 aliphatic carbocycles. The molecule has 0 fully saturated rings. The quantitative estimate of drug-likeness (QED) is 0.526. The number of nitrogens with one attached hydrogen (secondary N) is 1. The van der Waals surface area contributed by atoms with Crippen molar-refractivity contribution in [1.82, 2.24) is 4.98 Å². The van der Waals surface area contributed by atoms with Gasteiger partial charge in [0.2, 0.25) is 5.95 Å². The highest BCUT2D eigenvalue weighted by atomic mass is 19.1. The van der Waals surface area contributed by atoms with Crippen LogP contribution in [-0.2, 0) is 4.74 Å². The van der Waals surface area contributed by atoms with Gasteiger partial charge in [-0.2, -0.15) is 4.39 Å². The predicted molar refractivity (Wildman–Crippen MR) is 55.2 cm³/mol. The summed E-state index contributed by atoms with van der Waals surface area (Å²) in [5.74, 6) is -0.489. The van der Waals surface area contributed by atoms with Crippen molar-refractivity contribution in [3.63, 3.8) is 0 Å². The van der Waals surface area contributed by atoms with Gasteiger partial charge in [0.15, 0.2) is 0 Å². The molecule has 0 aliphatic heterocycles. The molecule has 84 valence electrons. The summed E-state index contributed by atoms with van der Waals surface area (Å²) in [6.45, 7) is 1.70. The zero-order chi connectivity index (χ0) is 10.9. The molecule has 0 aliphatic rings. The zero-order valence-electron chi connectivity index (χ0n) is 8.45. The number of hydrogen-bond donors (Lipinski definition) is 2. The summed E-state index contributed by atoms with van der Waals surface area (Å²) in [4.78, 5) is 3.45. The van der Waals surface area contributed by atoms with Crippen LogP contribution in [0, 0.1) is 5.95 Å². The molecule has 5 heteroatoms. The molecular weight excluding hydrogens is 199 g/mol. The highest BCUT2D eigenvalue weighted by Crippen LogP contribution is 2.06. The van der Waals surface area contributed by atoms with Crippen LogP contribution in [0.15, 0.2) is 18.3 Å². The van der Waals surface area contributed by atoms with Crippen LogP contribution in [0.5, 0.6) is 0 Å². The molecule has 0 radical (unpaired) electrons. The Labute approximate surface area is 88.1 Å². The summed E-state index contributed by atoms with van der Waals surface area (Å²) in [6, 6.07) is 3.05. The highest BCUT2D eigenvalue weighted by Gasteiger charge is 1.94. The summed E-state index contributed by atoms with van der Waals surface area (Å²) in [5.41, 5.74) is 0.713. The van der Waals surface area contributed by atoms with E-state index in [0.717, 1.165) is 6.42 Å². The fourth-order valence-corrected chi connectivity index (χ4v) is 1.09. The third-order valence-electron chi connectivity index (χ3n) is 1.76. The van der Waals surface area contributed by atoms with Crippen molar-refractivity contribution < 1.29 is 14.2 Å². The zero-order valence-corrected chi connectivity index (χ0v) is 8.45. The molecule has 1 heterocycles. The van der Waals surface area contributed by atoms with Crippen LogP contribution in [0.4, 0.5) is 10.1 Å². The second kappa shape index (κ2) is 7.14. The number of aromatic nitrogens is 1. The van der Waals surface area contributed by atoms with Gasteiger partial charge >= 0.3 is 0 Å². The molecule has 0 saturated carbocycles. The number of halogens is 1. The molecule has 4 nitrogen and oxygen atoms in total. The fraction of sp³-hybridized carbons (Fsp3) is 0.500. The molecule has 2 N–H and O–H groups in total. The number of ether oxygens (including phenoxy) is 1. The standard InChI is InChI=1S/C10H15FN2O2/c11-10-8-9(2-4-13-10)12-3-1-6-15-7-5-14/h2,4,8,14H,1,3,5-7H2,(H,12,13). The molecule has 1 aromatic rings. The van der Waals surface area contributed by atoms with Crippen LogP contribution >= 0.6 is 0 Å². The van der Waals surface area contributed by atoms with Crippen LogP contribution in [0.2, 0.25) is 0 Å². The minimum atomic E-state index is -0.489. The van der Waals surface area contributed by atoms with E-state index in [1.807, 2.05) is 0 Å². The molecule has 0 aromatic carbocycles. The third kappa shape index (κ3) is 5.29. The van der Waals surface area contributed by atoms with E-state index in [1.54, 1.807) is 6.07 Å². The average molecular weight is 214 g/mol. The van der Waals surface area contributed by atoms with Gasteiger partial charge in [-0.05, 0) is 12.5 Å². The van der Waals surface area contributed by atoms with Gasteiger partial charge in [0, 0.05) is 31.1 Å². The van der Waals surface area contributed by atoms with Crippen molar-refractivity contribution in [1.29, 1.82) is 0 Å². The lowest BCUT2D eigenvalue weighted by Gasteiger charge is -2.06. The Morgan fingerprint density at radius 2 is 2.33 bits per heavy atom. The topological polar surface area (TPSA) is 54.4 Å². The van der Waals surface area contributed by atoms with Gasteiger partial charge in [-0.1, -0.05) is 0 Å². The second-order valence-corrected chi connectivity index (χ2v) is 2.98. The lowest BCUT2D eigenvalue weighted by molar-refractivity contribution is 0.0922. The first-order chi connectivity index (χ1) is 7.33. The van der Waals surface area contributed by atoms with Crippen LogP contribution in [-0.4, -0.2) is 36.5 Å². The van der Waals surface area contributed by atoms with Crippen molar-refractivity contribution in [3.05, 3.63) is 24.3 Å². The van der Waals surface area contributed by atoms with Gasteiger partial charge in [-0.15, -0.1) is 0 Å². The third-order valence-corrected chi connectivity index (χ3v) is 1.76. The average Bonchev–Trinajstić information content (AvgIpc) is 2.23. The summed E-state index contributed by atoms with van der Waals surface area (Å²) in [6.07, 6.45) is 2.23. The van der Waals surface area contributed by atoms with Gasteiger partial charge in [0.25, 0.3) is 0 Å². The van der Waals surface area contributed by atoms with Crippen LogP contribution in [0.25, 0.3) is 0 Å². The maximum absolute atomic E-state index is 12.6. The number of anilines is 1. The van der Waals surface area contributed by atoms with Gasteiger partial charge in [-0.3, -0.25) is 0 Å². The van der Waals surface area contributed by atoms with Gasteiger partial charge < -0.3 is 15.2 Å². The lowest BCUT2D eigenvalue weighted by Crippen LogP contribution is -2.07. The second-order valence-electron chi connectivity index (χ2n) is 2.98. The number of pyridine rings is 1. The van der Waals surface area contributed by atoms with E-state index in [2.05, 4.69) is 10.3 Å². The van der Waals surface area contributed by atoms with E-state index in [1.165, 1.54) is 12.3 Å². The van der Waals surface area contributed by atoms with Gasteiger partial charge in [-0.25, -0.2) is 4.98 Å². The van der Waals surface area contributed by atoms with Crippen LogP contribution in [0.1, 0.15) is 6.42 Å². The van der Waals surface area contributed by atoms with Gasteiger partial charge in [0.1, 0.15) is 0 Å². The molecule has 0 bridgehead atoms. The van der Waals surface area contributed by atoms with Crippen LogP contribution in [0.3, 0.4) is 0 Å². The molecule has 1 aromatic heterocycles. The Hall–Kier alpha value is -1.20. The Bertz CT molecular complexity index is 284. The van der Waals surface area contributed by atoms with E-state index < -0.39 is 5.95 Å². The first kappa shape index (κ1) is 11.9. The maximum atomic E-state index is 12.6. The lowest BCUT2D eigenvalue weighted by atomic mass is 10.3.